The average molecular weight is 456 g/mol. The van der Waals surface area contributed by atoms with Crippen LogP contribution in [-0.2, 0) is 4.79 Å². The van der Waals surface area contributed by atoms with E-state index in [1.807, 2.05) is 36.4 Å². The van der Waals surface area contributed by atoms with Gasteiger partial charge in [-0.1, -0.05) is 24.8 Å². The molecule has 0 bridgehead atoms. The molecule has 0 aliphatic carbocycles. The first kappa shape index (κ1) is 23.1. The fourth-order valence-corrected chi connectivity index (χ4v) is 3.83. The molecule has 0 radical (unpaired) electrons. The standard InChI is InChI=1S/C26H29N7O/c1-4-24(34)29-21-8-5-7-19(15-21)25-20(17-27-2)18-28-26(31-25)30-22-9-6-10-23(16-22)33-13-11-32(3)12-14-33/h4-10,15-18H,1,11-14H2,2-3H3,(H,29,34)(H,28,30,31). The summed E-state index contributed by atoms with van der Waals surface area (Å²) in [5.74, 6) is 0.220. The summed E-state index contributed by atoms with van der Waals surface area (Å²) in [6.07, 6.45) is 4.71. The van der Waals surface area contributed by atoms with Crippen molar-refractivity contribution in [1.29, 1.82) is 0 Å². The van der Waals surface area contributed by atoms with E-state index in [9.17, 15) is 4.79 Å². The van der Waals surface area contributed by atoms with Gasteiger partial charge in [0.25, 0.3) is 0 Å². The zero-order valence-electron chi connectivity index (χ0n) is 19.5. The van der Waals surface area contributed by atoms with Crippen LogP contribution >= 0.6 is 0 Å². The summed E-state index contributed by atoms with van der Waals surface area (Å²) < 4.78 is 0. The minimum Gasteiger partial charge on any atom is -0.369 e. The van der Waals surface area contributed by atoms with Crippen LogP contribution in [0.5, 0.6) is 0 Å². The molecule has 0 unspecified atom stereocenters. The van der Waals surface area contributed by atoms with Gasteiger partial charge in [0.2, 0.25) is 11.9 Å². The Morgan fingerprint density at radius 2 is 1.85 bits per heavy atom. The summed E-state index contributed by atoms with van der Waals surface area (Å²) in [6, 6.07) is 15.8. The number of nitrogens with zero attached hydrogens (tertiary/aromatic N) is 5. The lowest BCUT2D eigenvalue weighted by atomic mass is 10.1. The van der Waals surface area contributed by atoms with Crippen LogP contribution < -0.4 is 15.5 Å². The number of aromatic nitrogens is 2. The van der Waals surface area contributed by atoms with Crippen LogP contribution in [0.3, 0.4) is 0 Å². The van der Waals surface area contributed by atoms with Gasteiger partial charge in [-0.15, -0.1) is 0 Å². The lowest BCUT2D eigenvalue weighted by Gasteiger charge is -2.34. The molecule has 2 heterocycles. The smallest absolute Gasteiger partial charge is 0.247 e. The van der Waals surface area contributed by atoms with E-state index in [4.69, 9.17) is 4.98 Å². The number of carbonyl (C=O) groups is 1. The van der Waals surface area contributed by atoms with Crippen molar-refractivity contribution < 1.29 is 4.79 Å². The minimum absolute atomic E-state index is 0.266. The molecule has 4 rings (SSSR count). The number of nitrogens with one attached hydrogen (secondary N) is 2. The van der Waals surface area contributed by atoms with Crippen LogP contribution in [0.4, 0.5) is 23.0 Å². The normalized spacial score (nSPS) is 14.2. The van der Waals surface area contributed by atoms with Gasteiger partial charge in [-0.05, 0) is 43.5 Å². The van der Waals surface area contributed by atoms with Crippen molar-refractivity contribution in [1.82, 2.24) is 14.9 Å². The number of benzene rings is 2. The highest BCUT2D eigenvalue weighted by Gasteiger charge is 2.15. The van der Waals surface area contributed by atoms with Gasteiger partial charge >= 0.3 is 0 Å². The number of amides is 1. The molecule has 1 aliphatic rings. The van der Waals surface area contributed by atoms with E-state index < -0.39 is 0 Å². The fourth-order valence-electron chi connectivity index (χ4n) is 3.83. The number of rotatable bonds is 7. The van der Waals surface area contributed by atoms with E-state index in [2.05, 4.69) is 56.2 Å². The Balaban J connectivity index is 1.61. The predicted molar refractivity (Wildman–Crippen MR) is 139 cm³/mol. The van der Waals surface area contributed by atoms with Crippen LogP contribution in [-0.4, -0.2) is 67.3 Å². The number of anilines is 4. The van der Waals surface area contributed by atoms with E-state index in [1.54, 1.807) is 19.5 Å². The summed E-state index contributed by atoms with van der Waals surface area (Å²) >= 11 is 0. The Morgan fingerprint density at radius 3 is 2.62 bits per heavy atom. The SMILES string of the molecule is C=CC(=O)Nc1cccc(-c2nc(Nc3cccc(N4CCN(C)CC4)c3)ncc2C=NC)c1. The van der Waals surface area contributed by atoms with Gasteiger partial charge in [-0.2, -0.15) is 0 Å². The summed E-state index contributed by atoms with van der Waals surface area (Å²) in [5, 5.41) is 6.13. The summed E-state index contributed by atoms with van der Waals surface area (Å²) in [7, 11) is 3.86. The first-order valence-corrected chi connectivity index (χ1v) is 11.2. The van der Waals surface area contributed by atoms with E-state index in [-0.39, 0.29) is 5.91 Å². The fraction of sp³-hybridized carbons (Fsp3) is 0.231. The van der Waals surface area contributed by atoms with Gasteiger partial charge in [0.15, 0.2) is 0 Å². The highest BCUT2D eigenvalue weighted by Crippen LogP contribution is 2.27. The molecule has 8 nitrogen and oxygen atoms in total. The molecule has 8 heteroatoms. The van der Waals surface area contributed by atoms with Gasteiger partial charge in [0.05, 0.1) is 5.69 Å². The van der Waals surface area contributed by atoms with Crippen LogP contribution in [0.2, 0.25) is 0 Å². The Bertz CT molecular complexity index is 1200. The van der Waals surface area contributed by atoms with Crippen molar-refractivity contribution in [3.63, 3.8) is 0 Å². The molecule has 0 spiro atoms. The molecule has 2 N–H and O–H groups in total. The molecule has 0 atom stereocenters. The summed E-state index contributed by atoms with van der Waals surface area (Å²) in [4.78, 5) is 29.9. The Morgan fingerprint density at radius 1 is 1.09 bits per heavy atom. The van der Waals surface area contributed by atoms with Gasteiger partial charge < -0.3 is 20.4 Å². The first-order valence-electron chi connectivity index (χ1n) is 11.2. The Labute approximate surface area is 200 Å². The third kappa shape index (κ3) is 5.65. The Hall–Kier alpha value is -4.04. The molecule has 1 aromatic heterocycles. The third-order valence-electron chi connectivity index (χ3n) is 5.64. The van der Waals surface area contributed by atoms with E-state index in [1.165, 1.54) is 11.8 Å². The third-order valence-corrected chi connectivity index (χ3v) is 5.64. The Kier molecular flexibility index (Phi) is 7.29. The largest absolute Gasteiger partial charge is 0.369 e. The zero-order valence-corrected chi connectivity index (χ0v) is 19.5. The van der Waals surface area contributed by atoms with Crippen molar-refractivity contribution in [2.75, 3.05) is 55.8 Å². The highest BCUT2D eigenvalue weighted by molar-refractivity contribution is 5.99. The molecular weight excluding hydrogens is 426 g/mol. The van der Waals surface area contributed by atoms with Gasteiger partial charge in [-0.3, -0.25) is 9.79 Å². The van der Waals surface area contributed by atoms with E-state index in [0.717, 1.165) is 43.0 Å². The van der Waals surface area contributed by atoms with E-state index in [0.29, 0.717) is 17.3 Å². The summed E-state index contributed by atoms with van der Waals surface area (Å²) in [6.45, 7) is 7.62. The quantitative estimate of drug-likeness (QED) is 0.416. The van der Waals surface area contributed by atoms with Crippen molar-refractivity contribution in [2.45, 2.75) is 0 Å². The van der Waals surface area contributed by atoms with Gasteiger partial charge in [0.1, 0.15) is 0 Å². The second kappa shape index (κ2) is 10.7. The molecule has 1 amide bonds. The van der Waals surface area contributed by atoms with Crippen molar-refractivity contribution >= 4 is 35.1 Å². The average Bonchev–Trinajstić information content (AvgIpc) is 2.86. The zero-order chi connectivity index (χ0) is 23.9. The lowest BCUT2D eigenvalue weighted by molar-refractivity contribution is -0.111. The van der Waals surface area contributed by atoms with Crippen LogP contribution in [0.25, 0.3) is 11.3 Å². The number of hydrogen-bond acceptors (Lipinski definition) is 7. The maximum absolute atomic E-state index is 11.7. The van der Waals surface area contributed by atoms with Crippen molar-refractivity contribution in [3.05, 3.63) is 72.9 Å². The number of likely N-dealkylation sites (N-methyl/N-ethyl adjacent to an activating group) is 1. The van der Waals surface area contributed by atoms with Crippen LogP contribution in [0.15, 0.2) is 72.4 Å². The molecule has 1 fully saturated rings. The number of carbonyl (C=O) groups excluding carboxylic acids is 1. The predicted octanol–water partition coefficient (Wildman–Crippen LogP) is 3.81. The molecule has 2 aromatic carbocycles. The lowest BCUT2D eigenvalue weighted by Crippen LogP contribution is -2.44. The maximum Gasteiger partial charge on any atom is 0.247 e. The topological polar surface area (TPSA) is 85.8 Å². The van der Waals surface area contributed by atoms with Crippen LogP contribution in [0, 0.1) is 0 Å². The molecule has 1 saturated heterocycles. The molecule has 1 aliphatic heterocycles. The first-order chi connectivity index (χ1) is 16.6. The summed E-state index contributed by atoms with van der Waals surface area (Å²) in [5.41, 5.74) is 5.10. The molecule has 34 heavy (non-hydrogen) atoms. The molecular formula is C26H29N7O. The number of aliphatic imine (C=N–C) groups is 1. The molecule has 3 aromatic rings. The number of hydrogen-bond donors (Lipinski definition) is 2. The minimum atomic E-state index is -0.266. The van der Waals surface area contributed by atoms with Crippen LogP contribution in [0.1, 0.15) is 5.56 Å². The molecule has 0 saturated carbocycles. The van der Waals surface area contributed by atoms with Gasteiger partial charge in [-0.25, -0.2) is 9.97 Å². The second-order valence-corrected chi connectivity index (χ2v) is 8.12. The molecule has 174 valence electrons. The monoisotopic (exact) mass is 455 g/mol. The highest BCUT2D eigenvalue weighted by atomic mass is 16.1. The van der Waals surface area contributed by atoms with E-state index >= 15 is 0 Å². The van der Waals surface area contributed by atoms with Crippen molar-refractivity contribution in [2.24, 2.45) is 4.99 Å². The van der Waals surface area contributed by atoms with Gasteiger partial charge in [0, 0.05) is 73.8 Å². The maximum atomic E-state index is 11.7. The van der Waals surface area contributed by atoms with Crippen molar-refractivity contribution in [3.8, 4) is 11.3 Å². The number of piperazine rings is 1. The second-order valence-electron chi connectivity index (χ2n) is 8.12.